The van der Waals surface area contributed by atoms with Gasteiger partial charge in [0.2, 0.25) is 0 Å². The van der Waals surface area contributed by atoms with E-state index in [1.54, 1.807) is 11.3 Å². The molecule has 8 aromatic rings. The molecule has 0 unspecified atom stereocenters. The van der Waals surface area contributed by atoms with E-state index in [0.717, 1.165) is 44.8 Å². The molecular weight excluding hydrogens is 864 g/mol. The molecule has 0 N–H and O–H groups in total. The van der Waals surface area contributed by atoms with Crippen molar-refractivity contribution in [2.24, 2.45) is 5.41 Å². The Balaban J connectivity index is 0.000000238. The number of hydrogen-bond donors (Lipinski definition) is 0. The average molecular weight is 907 g/mol. The van der Waals surface area contributed by atoms with Crippen LogP contribution in [-0.2, 0) is 26.5 Å². The van der Waals surface area contributed by atoms with Gasteiger partial charge in [0.1, 0.15) is 5.82 Å². The molecule has 0 fully saturated rings. The molecule has 53 heavy (non-hydrogen) atoms. The van der Waals surface area contributed by atoms with E-state index in [4.69, 9.17) is 4.98 Å². The zero-order valence-corrected chi connectivity index (χ0v) is 35.5. The fourth-order valence-electron chi connectivity index (χ4n) is 6.57. The summed E-state index contributed by atoms with van der Waals surface area (Å²) >= 11 is 1.78. The summed E-state index contributed by atoms with van der Waals surface area (Å²) in [5.74, 6) is -0.220. The van der Waals surface area contributed by atoms with Crippen molar-refractivity contribution >= 4 is 55.5 Å². The summed E-state index contributed by atoms with van der Waals surface area (Å²) in [5, 5.41) is 6.19. The fourth-order valence-corrected chi connectivity index (χ4v) is 8.82. The van der Waals surface area contributed by atoms with E-state index in [9.17, 15) is 4.39 Å². The van der Waals surface area contributed by atoms with Gasteiger partial charge in [-0.05, 0) is 85.0 Å². The molecule has 3 heterocycles. The summed E-state index contributed by atoms with van der Waals surface area (Å²) in [6, 6.07) is 43.2. The molecular formula is C47H43FIrN2SSi-2. The minimum Gasteiger partial charge on any atom is -0.305 e. The van der Waals surface area contributed by atoms with Gasteiger partial charge in [0, 0.05) is 37.2 Å². The maximum absolute atomic E-state index is 13.6. The first-order chi connectivity index (χ1) is 24.8. The zero-order chi connectivity index (χ0) is 36.6. The zero-order valence-electron chi connectivity index (χ0n) is 31.3. The predicted molar refractivity (Wildman–Crippen MR) is 224 cm³/mol. The number of benzene rings is 5. The molecule has 0 amide bonds. The summed E-state index contributed by atoms with van der Waals surface area (Å²) in [6.07, 6.45) is 5.02. The molecule has 0 saturated heterocycles. The molecule has 6 heteroatoms. The van der Waals surface area contributed by atoms with E-state index in [1.807, 2.05) is 48.8 Å². The van der Waals surface area contributed by atoms with E-state index >= 15 is 0 Å². The molecule has 5 aromatic carbocycles. The molecule has 0 aliphatic rings. The van der Waals surface area contributed by atoms with Crippen molar-refractivity contribution in [3.63, 3.8) is 0 Å². The van der Waals surface area contributed by atoms with Crippen molar-refractivity contribution in [2.75, 3.05) is 0 Å². The summed E-state index contributed by atoms with van der Waals surface area (Å²) in [7, 11) is -1.23. The fraction of sp³-hybridized carbons (Fsp3) is 0.191. The number of rotatable bonds is 5. The Morgan fingerprint density at radius 3 is 2.09 bits per heavy atom. The van der Waals surface area contributed by atoms with Crippen LogP contribution in [0.2, 0.25) is 19.6 Å². The number of thiophene rings is 1. The van der Waals surface area contributed by atoms with Gasteiger partial charge in [0.05, 0.1) is 8.07 Å². The van der Waals surface area contributed by atoms with Crippen LogP contribution in [-0.4, -0.2) is 18.0 Å². The van der Waals surface area contributed by atoms with E-state index in [-0.39, 0.29) is 31.3 Å². The quantitative estimate of drug-likeness (QED) is 0.127. The van der Waals surface area contributed by atoms with Crippen molar-refractivity contribution in [3.8, 4) is 33.6 Å². The molecule has 2 nitrogen and oxygen atoms in total. The molecule has 3 aromatic heterocycles. The summed E-state index contributed by atoms with van der Waals surface area (Å²) < 4.78 is 16.0. The van der Waals surface area contributed by atoms with Gasteiger partial charge in [-0.15, -0.1) is 59.7 Å². The maximum atomic E-state index is 13.6. The topological polar surface area (TPSA) is 25.8 Å². The summed E-state index contributed by atoms with van der Waals surface area (Å²) in [6.45, 7) is 15.9. The second kappa shape index (κ2) is 15.6. The van der Waals surface area contributed by atoms with Gasteiger partial charge in [-0.25, -0.2) is 4.39 Å². The van der Waals surface area contributed by atoms with Gasteiger partial charge < -0.3 is 9.97 Å². The molecule has 0 saturated carbocycles. The van der Waals surface area contributed by atoms with Crippen molar-refractivity contribution < 1.29 is 24.5 Å². The van der Waals surface area contributed by atoms with Gasteiger partial charge in [-0.1, -0.05) is 112 Å². The number of hydrogen-bond acceptors (Lipinski definition) is 3. The van der Waals surface area contributed by atoms with E-state index in [1.165, 1.54) is 54.7 Å². The van der Waals surface area contributed by atoms with Crippen LogP contribution in [0.5, 0.6) is 0 Å². The Bertz CT molecular complexity index is 2510. The third-order valence-corrected chi connectivity index (χ3v) is 12.6. The summed E-state index contributed by atoms with van der Waals surface area (Å²) in [4.78, 5) is 9.27. The van der Waals surface area contributed by atoms with E-state index in [0.29, 0.717) is 0 Å². The van der Waals surface area contributed by atoms with Crippen LogP contribution in [0.3, 0.4) is 0 Å². The Labute approximate surface area is 331 Å². The van der Waals surface area contributed by atoms with Crippen molar-refractivity contribution in [3.05, 3.63) is 151 Å². The maximum Gasteiger partial charge on any atom is 0.123 e. The standard InChI is InChI=1S/C33H27FNS.C14H16NSi.Ir/c1-20-19-35-30(15-23(20)18-33(2,3)4)22-11-14-26-29-17-28(21-9-12-24(34)13-10-21)25-7-5-6-8-27(25)32(29)36-31(26)16-22;1-16(2,3)13-9-10-14(15-11-13)12-7-5-4-6-8-12;/h5-15,17,19H,18H2,1-4H3;4-7,9-11H,1-3H3;/q2*-1;. The molecule has 0 atom stereocenters. The smallest absolute Gasteiger partial charge is 0.123 e. The van der Waals surface area contributed by atoms with Crippen LogP contribution < -0.4 is 5.19 Å². The molecule has 8 rings (SSSR count). The number of pyridine rings is 2. The van der Waals surface area contributed by atoms with Crippen LogP contribution in [0, 0.1) is 30.3 Å². The van der Waals surface area contributed by atoms with Crippen LogP contribution in [0.4, 0.5) is 4.39 Å². The number of aryl methyl sites for hydroxylation is 1. The predicted octanol–water partition coefficient (Wildman–Crippen LogP) is 12.9. The SMILES string of the molecule is C[Si](C)(C)c1ccc(-c2[c-]cccc2)nc1.Cc1cnc(-c2[c-]c3sc4c5ccccc5c(-c5ccc(F)cc5)cc4c3cc2)cc1CC(C)(C)C.[Ir]. The third kappa shape index (κ3) is 8.58. The van der Waals surface area contributed by atoms with E-state index in [2.05, 4.69) is 125 Å². The van der Waals surface area contributed by atoms with Gasteiger partial charge in [-0.3, -0.25) is 0 Å². The molecule has 269 valence electrons. The third-order valence-electron chi connectivity index (χ3n) is 9.38. The van der Waals surface area contributed by atoms with Gasteiger partial charge in [0.15, 0.2) is 0 Å². The molecule has 1 radical (unpaired) electrons. The molecule has 0 aliphatic carbocycles. The van der Waals surface area contributed by atoms with Crippen LogP contribution in [0.15, 0.2) is 122 Å². The molecule has 0 bridgehead atoms. The van der Waals surface area contributed by atoms with Crippen LogP contribution in [0.25, 0.3) is 64.6 Å². The number of aromatic nitrogens is 2. The Morgan fingerprint density at radius 1 is 0.717 bits per heavy atom. The van der Waals surface area contributed by atoms with Crippen molar-refractivity contribution in [1.29, 1.82) is 0 Å². The number of nitrogens with zero attached hydrogens (tertiary/aromatic N) is 2. The van der Waals surface area contributed by atoms with Crippen molar-refractivity contribution in [2.45, 2.75) is 53.8 Å². The Hall–Kier alpha value is -4.32. The first kappa shape index (κ1) is 38.4. The number of halogens is 1. The van der Waals surface area contributed by atoms with Crippen LogP contribution in [0.1, 0.15) is 31.9 Å². The molecule has 0 aliphatic heterocycles. The van der Waals surface area contributed by atoms with Crippen LogP contribution >= 0.6 is 11.3 Å². The van der Waals surface area contributed by atoms with Crippen molar-refractivity contribution in [1.82, 2.24) is 9.97 Å². The van der Waals surface area contributed by atoms with Gasteiger partial charge in [-0.2, -0.15) is 11.3 Å². The Morgan fingerprint density at radius 2 is 1.43 bits per heavy atom. The summed E-state index contributed by atoms with van der Waals surface area (Å²) in [5.41, 5.74) is 8.98. The minimum atomic E-state index is -1.23. The monoisotopic (exact) mass is 907 g/mol. The first-order valence-corrected chi connectivity index (χ1v) is 22.1. The van der Waals surface area contributed by atoms with Gasteiger partial charge >= 0.3 is 0 Å². The molecule has 0 spiro atoms. The second-order valence-electron chi connectivity index (χ2n) is 15.8. The second-order valence-corrected chi connectivity index (χ2v) is 21.9. The normalized spacial score (nSPS) is 11.7. The largest absolute Gasteiger partial charge is 0.305 e. The van der Waals surface area contributed by atoms with E-state index < -0.39 is 8.07 Å². The average Bonchev–Trinajstić information content (AvgIpc) is 3.50. The first-order valence-electron chi connectivity index (χ1n) is 17.8. The minimum absolute atomic E-state index is 0. The van der Waals surface area contributed by atoms with Gasteiger partial charge in [0.25, 0.3) is 0 Å². The number of fused-ring (bicyclic) bond motifs is 5. The Kier molecular flexibility index (Phi) is 11.3.